The molecule has 14 heteroatoms. The second-order valence-corrected chi connectivity index (χ2v) is 12.6. The number of nitrogens with zero attached hydrogens (tertiary/aromatic N) is 2. The Morgan fingerprint density at radius 3 is 1.69 bits per heavy atom. The molecule has 6 atom stereocenters. The number of esters is 1. The number of carboxylic acids is 2. The van der Waals surface area contributed by atoms with E-state index in [-0.39, 0.29) is 38.1 Å². The van der Waals surface area contributed by atoms with Crippen LogP contribution in [0.4, 0.5) is 0 Å². The van der Waals surface area contributed by atoms with Crippen molar-refractivity contribution in [3.63, 3.8) is 0 Å². The Kier molecular flexibility index (Phi) is 11.1. The van der Waals surface area contributed by atoms with Crippen molar-refractivity contribution < 1.29 is 49.0 Å². The van der Waals surface area contributed by atoms with Crippen LogP contribution in [-0.4, -0.2) is 68.9 Å². The standard InChI is InChI=1S/C28H42N2O12/c31-26(32)24-18(3-1-5-22(24)29(36)37)15-40-42-20-13-9-17(10-14-20)16-7-11-19(12-8-16)41-28(35)21-4-2-6-23(30(38)39)25(21)27(33)34/h16-25H,1-15H2,(H,31,32)(H,33,34). The summed E-state index contributed by atoms with van der Waals surface area (Å²) in [4.78, 5) is 68.9. The van der Waals surface area contributed by atoms with E-state index in [1.807, 2.05) is 0 Å². The number of hydrogen-bond acceptors (Lipinski definition) is 10. The van der Waals surface area contributed by atoms with E-state index in [1.165, 1.54) is 0 Å². The fraction of sp³-hybridized carbons (Fsp3) is 0.893. The number of aliphatic carboxylic acids is 2. The van der Waals surface area contributed by atoms with Crippen molar-refractivity contribution in [2.75, 3.05) is 6.61 Å². The van der Waals surface area contributed by atoms with Gasteiger partial charge >= 0.3 is 17.9 Å². The summed E-state index contributed by atoms with van der Waals surface area (Å²) in [5.74, 6) is -6.07. The molecule has 4 aliphatic carbocycles. The van der Waals surface area contributed by atoms with Crippen molar-refractivity contribution in [3.8, 4) is 0 Å². The molecule has 42 heavy (non-hydrogen) atoms. The average molecular weight is 599 g/mol. The van der Waals surface area contributed by atoms with E-state index in [0.29, 0.717) is 43.9 Å². The number of ether oxygens (including phenoxy) is 1. The Hall–Kier alpha value is -2.87. The second-order valence-electron chi connectivity index (χ2n) is 12.6. The van der Waals surface area contributed by atoms with Crippen LogP contribution in [0.1, 0.15) is 89.9 Å². The zero-order valence-electron chi connectivity index (χ0n) is 23.8. The van der Waals surface area contributed by atoms with Crippen LogP contribution >= 0.6 is 0 Å². The van der Waals surface area contributed by atoms with E-state index < -0.39 is 63.5 Å². The second kappa shape index (κ2) is 14.5. The first-order chi connectivity index (χ1) is 20.1. The molecule has 4 aliphatic rings. The van der Waals surface area contributed by atoms with Crippen molar-refractivity contribution in [2.24, 2.45) is 35.5 Å². The lowest BCUT2D eigenvalue weighted by Crippen LogP contribution is -2.46. The highest BCUT2D eigenvalue weighted by molar-refractivity contribution is 5.82. The molecule has 4 fully saturated rings. The van der Waals surface area contributed by atoms with Crippen molar-refractivity contribution in [2.45, 2.75) is 114 Å². The van der Waals surface area contributed by atoms with E-state index in [0.717, 1.165) is 38.5 Å². The van der Waals surface area contributed by atoms with Crippen LogP contribution in [0.25, 0.3) is 0 Å². The first-order valence-corrected chi connectivity index (χ1v) is 15.3. The van der Waals surface area contributed by atoms with Gasteiger partial charge in [-0.05, 0) is 88.9 Å². The number of carboxylic acid groups (broad SMARTS) is 2. The summed E-state index contributed by atoms with van der Waals surface area (Å²) in [6, 6.07) is -2.38. The molecular formula is C28H42N2O12. The Morgan fingerprint density at radius 2 is 1.17 bits per heavy atom. The number of rotatable bonds is 11. The molecule has 0 aromatic rings. The van der Waals surface area contributed by atoms with Crippen LogP contribution < -0.4 is 0 Å². The van der Waals surface area contributed by atoms with Gasteiger partial charge in [0.2, 0.25) is 12.1 Å². The minimum absolute atomic E-state index is 0.0186. The molecular weight excluding hydrogens is 556 g/mol. The quantitative estimate of drug-likeness (QED) is 0.150. The highest BCUT2D eigenvalue weighted by Crippen LogP contribution is 2.41. The molecule has 0 amide bonds. The van der Waals surface area contributed by atoms with Gasteiger partial charge in [0.1, 0.15) is 17.9 Å². The maximum absolute atomic E-state index is 12.9. The summed E-state index contributed by atoms with van der Waals surface area (Å²) in [6.45, 7) is 0.0186. The lowest BCUT2D eigenvalue weighted by atomic mass is 9.72. The van der Waals surface area contributed by atoms with Crippen LogP contribution in [0.3, 0.4) is 0 Å². The topological polar surface area (TPSA) is 206 Å². The van der Waals surface area contributed by atoms with Crippen LogP contribution in [0.15, 0.2) is 0 Å². The normalized spacial score (nSPS) is 37.3. The van der Waals surface area contributed by atoms with Gasteiger partial charge in [0.25, 0.3) is 0 Å². The number of nitro groups is 2. The Labute approximate surface area is 243 Å². The van der Waals surface area contributed by atoms with Crippen LogP contribution in [0.2, 0.25) is 0 Å². The third-order valence-electron chi connectivity index (χ3n) is 10.1. The van der Waals surface area contributed by atoms with Crippen LogP contribution in [0.5, 0.6) is 0 Å². The fourth-order valence-corrected chi connectivity index (χ4v) is 7.87. The highest BCUT2D eigenvalue weighted by Gasteiger charge is 2.50. The minimum atomic E-state index is -1.36. The molecule has 0 aliphatic heterocycles. The summed E-state index contributed by atoms with van der Waals surface area (Å²) in [7, 11) is 0. The Morgan fingerprint density at radius 1 is 0.667 bits per heavy atom. The molecule has 0 saturated heterocycles. The monoisotopic (exact) mass is 598 g/mol. The van der Waals surface area contributed by atoms with Gasteiger partial charge in [0.05, 0.1) is 18.6 Å². The summed E-state index contributed by atoms with van der Waals surface area (Å²) in [5, 5.41) is 41.8. The average Bonchev–Trinajstić information content (AvgIpc) is 2.97. The summed E-state index contributed by atoms with van der Waals surface area (Å²) < 4.78 is 5.69. The predicted molar refractivity (Wildman–Crippen MR) is 143 cm³/mol. The van der Waals surface area contributed by atoms with E-state index in [4.69, 9.17) is 14.5 Å². The zero-order chi connectivity index (χ0) is 30.4. The van der Waals surface area contributed by atoms with Gasteiger partial charge in [0.15, 0.2) is 0 Å². The smallest absolute Gasteiger partial charge is 0.314 e. The van der Waals surface area contributed by atoms with Crippen molar-refractivity contribution in [3.05, 3.63) is 20.2 Å². The molecule has 0 bridgehead atoms. The lowest BCUT2D eigenvalue weighted by Gasteiger charge is -2.38. The number of hydrogen-bond donors (Lipinski definition) is 2. The van der Waals surface area contributed by atoms with Gasteiger partial charge in [0, 0.05) is 28.6 Å². The van der Waals surface area contributed by atoms with E-state index >= 15 is 0 Å². The maximum Gasteiger partial charge on any atom is 0.314 e. The Balaban J connectivity index is 1.16. The van der Waals surface area contributed by atoms with Crippen molar-refractivity contribution >= 4 is 17.9 Å². The number of carbonyl (C=O) groups excluding carboxylic acids is 1. The van der Waals surface area contributed by atoms with E-state index in [2.05, 4.69) is 0 Å². The molecule has 2 N–H and O–H groups in total. The third kappa shape index (κ3) is 7.74. The maximum atomic E-state index is 12.9. The van der Waals surface area contributed by atoms with Crippen LogP contribution in [0, 0.1) is 55.7 Å². The lowest BCUT2D eigenvalue weighted by molar-refractivity contribution is -0.536. The molecule has 0 spiro atoms. The van der Waals surface area contributed by atoms with E-state index in [9.17, 15) is 44.8 Å². The summed E-state index contributed by atoms with van der Waals surface area (Å²) >= 11 is 0. The highest BCUT2D eigenvalue weighted by atomic mass is 17.2. The van der Waals surface area contributed by atoms with Gasteiger partial charge in [-0.1, -0.05) is 0 Å². The van der Waals surface area contributed by atoms with Crippen LogP contribution in [-0.2, 0) is 28.9 Å². The first-order valence-electron chi connectivity index (χ1n) is 15.3. The van der Waals surface area contributed by atoms with Crippen molar-refractivity contribution in [1.29, 1.82) is 0 Å². The fourth-order valence-electron chi connectivity index (χ4n) is 7.87. The minimum Gasteiger partial charge on any atom is -0.481 e. The Bertz CT molecular complexity index is 991. The first kappa shape index (κ1) is 32.1. The summed E-state index contributed by atoms with van der Waals surface area (Å²) in [6.07, 6.45) is 8.40. The van der Waals surface area contributed by atoms with Crippen molar-refractivity contribution in [1.82, 2.24) is 0 Å². The third-order valence-corrected chi connectivity index (χ3v) is 10.1. The van der Waals surface area contributed by atoms with E-state index in [1.54, 1.807) is 0 Å². The van der Waals surface area contributed by atoms with Gasteiger partial charge < -0.3 is 14.9 Å². The summed E-state index contributed by atoms with van der Waals surface area (Å²) in [5.41, 5.74) is 0. The molecule has 14 nitrogen and oxygen atoms in total. The number of carbonyl (C=O) groups is 3. The molecule has 0 aromatic heterocycles. The molecule has 0 heterocycles. The molecule has 236 valence electrons. The molecule has 6 unspecified atom stereocenters. The zero-order valence-corrected chi connectivity index (χ0v) is 23.8. The van der Waals surface area contributed by atoms with Gasteiger partial charge in [-0.3, -0.25) is 34.6 Å². The molecule has 0 aromatic carbocycles. The molecule has 0 radical (unpaired) electrons. The van der Waals surface area contributed by atoms with Gasteiger partial charge in [-0.25, -0.2) is 9.78 Å². The largest absolute Gasteiger partial charge is 0.481 e. The molecule has 4 rings (SSSR count). The van der Waals surface area contributed by atoms with Gasteiger partial charge in [-0.15, -0.1) is 0 Å². The SMILES string of the molecule is O=C(OC1CCC(C2CCC(OOCC3CCCC([N+](=O)[O-])C3C(=O)O)CC2)CC1)C1CCCC([N+](=O)[O-])C1C(=O)O. The van der Waals surface area contributed by atoms with Gasteiger partial charge in [-0.2, -0.15) is 0 Å². The predicted octanol–water partition coefficient (Wildman–Crippen LogP) is 3.89. The molecule has 4 saturated carbocycles.